The summed E-state index contributed by atoms with van der Waals surface area (Å²) in [6.07, 6.45) is 0.0892. The van der Waals surface area contributed by atoms with E-state index in [-0.39, 0.29) is 12.1 Å². The van der Waals surface area contributed by atoms with Gasteiger partial charge >= 0.3 is 0 Å². The topological polar surface area (TPSA) is 33.7 Å². The van der Waals surface area contributed by atoms with Crippen LogP contribution in [0, 0.1) is 6.92 Å². The Labute approximate surface area is 161 Å². The monoisotopic (exact) mass is 374 g/mol. The minimum Gasteiger partial charge on any atom is -0.496 e. The first-order chi connectivity index (χ1) is 12.6. The Kier molecular flexibility index (Phi) is 6.54. The van der Waals surface area contributed by atoms with E-state index >= 15 is 0 Å². The van der Waals surface area contributed by atoms with Crippen LogP contribution in [0.25, 0.3) is 0 Å². The van der Waals surface area contributed by atoms with Gasteiger partial charge in [0.2, 0.25) is 0 Å². The molecule has 1 fully saturated rings. The van der Waals surface area contributed by atoms with Crippen molar-refractivity contribution in [3.05, 3.63) is 64.2 Å². The molecule has 0 spiro atoms. The van der Waals surface area contributed by atoms with E-state index in [1.807, 2.05) is 12.1 Å². The molecule has 2 aromatic carbocycles. The average Bonchev–Trinajstić information content (AvgIpc) is 2.64. The normalized spacial score (nSPS) is 19.3. The van der Waals surface area contributed by atoms with Gasteiger partial charge in [-0.3, -0.25) is 0 Å². The number of morpholine rings is 1. The number of rotatable bonds is 6. The van der Waals surface area contributed by atoms with Gasteiger partial charge in [0.15, 0.2) is 0 Å². The summed E-state index contributed by atoms with van der Waals surface area (Å²) in [6, 6.07) is 14.4. The van der Waals surface area contributed by atoms with Gasteiger partial charge < -0.3 is 19.7 Å². The first-order valence-electron chi connectivity index (χ1n) is 8.99. The van der Waals surface area contributed by atoms with Crippen LogP contribution in [0.15, 0.2) is 42.5 Å². The van der Waals surface area contributed by atoms with E-state index in [0.717, 1.165) is 36.0 Å². The maximum Gasteiger partial charge on any atom is 0.123 e. The van der Waals surface area contributed by atoms with Crippen LogP contribution < -0.4 is 10.1 Å². The summed E-state index contributed by atoms with van der Waals surface area (Å²) in [5.41, 5.74) is 3.51. The molecule has 1 aliphatic heterocycles. The Morgan fingerprint density at radius 3 is 2.73 bits per heavy atom. The van der Waals surface area contributed by atoms with Crippen LogP contribution in [0.4, 0.5) is 0 Å². The molecule has 4 nitrogen and oxygen atoms in total. The van der Waals surface area contributed by atoms with Gasteiger partial charge in [-0.2, -0.15) is 0 Å². The van der Waals surface area contributed by atoms with Crippen LogP contribution in [0.1, 0.15) is 22.7 Å². The van der Waals surface area contributed by atoms with E-state index in [9.17, 15) is 0 Å². The fraction of sp³-hybridized carbons (Fsp3) is 0.429. The van der Waals surface area contributed by atoms with Crippen molar-refractivity contribution in [2.45, 2.75) is 25.6 Å². The average molecular weight is 375 g/mol. The number of nitrogens with one attached hydrogen (secondary N) is 1. The molecule has 26 heavy (non-hydrogen) atoms. The Morgan fingerprint density at radius 1 is 1.27 bits per heavy atom. The fourth-order valence-electron chi connectivity index (χ4n) is 3.36. The quantitative estimate of drug-likeness (QED) is 0.833. The van der Waals surface area contributed by atoms with Crippen molar-refractivity contribution < 1.29 is 9.47 Å². The van der Waals surface area contributed by atoms with Gasteiger partial charge in [0.05, 0.1) is 25.9 Å². The zero-order valence-electron chi connectivity index (χ0n) is 15.7. The second-order valence-electron chi connectivity index (χ2n) is 6.90. The lowest BCUT2D eigenvalue weighted by Crippen LogP contribution is -2.46. The number of benzene rings is 2. The highest BCUT2D eigenvalue weighted by Gasteiger charge is 2.28. The predicted octanol–water partition coefficient (Wildman–Crippen LogP) is 3.82. The molecule has 3 rings (SSSR count). The molecule has 1 N–H and O–H groups in total. The Morgan fingerprint density at radius 2 is 2.04 bits per heavy atom. The van der Waals surface area contributed by atoms with Gasteiger partial charge in [-0.15, -0.1) is 0 Å². The Hall–Kier alpha value is -1.59. The molecule has 0 aromatic heterocycles. The van der Waals surface area contributed by atoms with E-state index in [4.69, 9.17) is 21.1 Å². The molecule has 0 amide bonds. The summed E-state index contributed by atoms with van der Waals surface area (Å²) < 4.78 is 11.6. The molecule has 2 atom stereocenters. The summed E-state index contributed by atoms with van der Waals surface area (Å²) in [5, 5.41) is 4.43. The number of hydrogen-bond donors (Lipinski definition) is 1. The van der Waals surface area contributed by atoms with Crippen molar-refractivity contribution in [3.8, 4) is 5.75 Å². The number of hydrogen-bond acceptors (Lipinski definition) is 4. The second kappa shape index (κ2) is 8.87. The number of methoxy groups -OCH3 is 1. The molecule has 0 bridgehead atoms. The molecule has 0 unspecified atom stereocenters. The van der Waals surface area contributed by atoms with Gasteiger partial charge in [-0.1, -0.05) is 35.9 Å². The van der Waals surface area contributed by atoms with Crippen molar-refractivity contribution in [1.82, 2.24) is 10.2 Å². The number of aryl methyl sites for hydroxylation is 1. The summed E-state index contributed by atoms with van der Waals surface area (Å²) >= 11 is 6.08. The molecule has 0 radical (unpaired) electrons. The van der Waals surface area contributed by atoms with E-state index in [0.29, 0.717) is 6.54 Å². The SMILES string of the molecule is COc1cc(C)ccc1CN[C@@H](c1ccc(Cl)cc1)[C@@H]1CN(C)CCO1. The number of nitrogens with zero attached hydrogens (tertiary/aromatic N) is 1. The van der Waals surface area contributed by atoms with Crippen LogP contribution in [0.3, 0.4) is 0 Å². The highest BCUT2D eigenvalue weighted by atomic mass is 35.5. The van der Waals surface area contributed by atoms with E-state index in [1.165, 1.54) is 11.1 Å². The molecule has 2 aromatic rings. The second-order valence-corrected chi connectivity index (χ2v) is 7.33. The molecule has 1 heterocycles. The van der Waals surface area contributed by atoms with Crippen LogP contribution in [0.2, 0.25) is 5.02 Å². The molecule has 0 saturated carbocycles. The third-order valence-electron chi connectivity index (χ3n) is 4.85. The predicted molar refractivity (Wildman–Crippen MR) is 106 cm³/mol. The summed E-state index contributed by atoms with van der Waals surface area (Å²) in [6.45, 7) is 5.39. The molecular formula is C21H27ClN2O2. The van der Waals surface area contributed by atoms with Crippen molar-refractivity contribution >= 4 is 11.6 Å². The van der Waals surface area contributed by atoms with E-state index < -0.39 is 0 Å². The highest BCUT2D eigenvalue weighted by molar-refractivity contribution is 6.30. The minimum atomic E-state index is 0.0843. The third kappa shape index (κ3) is 4.77. The molecule has 5 heteroatoms. The maximum atomic E-state index is 6.09. The molecule has 1 saturated heterocycles. The highest BCUT2D eigenvalue weighted by Crippen LogP contribution is 2.26. The molecule has 140 valence electrons. The lowest BCUT2D eigenvalue weighted by atomic mass is 9.99. The molecule has 1 aliphatic rings. The maximum absolute atomic E-state index is 6.09. The van der Waals surface area contributed by atoms with Gasteiger partial charge in [-0.25, -0.2) is 0 Å². The number of likely N-dealkylation sites (N-methyl/N-ethyl adjacent to an activating group) is 1. The summed E-state index contributed by atoms with van der Waals surface area (Å²) in [5.74, 6) is 0.911. The minimum absolute atomic E-state index is 0.0843. The largest absolute Gasteiger partial charge is 0.496 e. The van der Waals surface area contributed by atoms with E-state index in [2.05, 4.69) is 54.5 Å². The first kappa shape index (κ1) is 19.2. The van der Waals surface area contributed by atoms with Gasteiger partial charge in [-0.05, 0) is 43.3 Å². The lowest BCUT2D eigenvalue weighted by Gasteiger charge is -2.36. The zero-order valence-corrected chi connectivity index (χ0v) is 16.4. The Bertz CT molecular complexity index is 720. The zero-order chi connectivity index (χ0) is 18.5. The standard InChI is InChI=1S/C21H27ClN2O2/c1-15-4-5-17(19(12-15)25-3)13-23-21(16-6-8-18(22)9-7-16)20-14-24(2)10-11-26-20/h4-9,12,20-21,23H,10-11,13-14H2,1-3H3/t20-,21-/m0/s1. The van der Waals surface area contributed by atoms with Crippen LogP contribution in [0.5, 0.6) is 5.75 Å². The van der Waals surface area contributed by atoms with Crippen molar-refractivity contribution in [3.63, 3.8) is 0 Å². The van der Waals surface area contributed by atoms with Crippen LogP contribution in [-0.2, 0) is 11.3 Å². The van der Waals surface area contributed by atoms with Gasteiger partial charge in [0, 0.05) is 30.2 Å². The van der Waals surface area contributed by atoms with Crippen LogP contribution in [-0.4, -0.2) is 44.9 Å². The lowest BCUT2D eigenvalue weighted by molar-refractivity contribution is -0.0396. The van der Waals surface area contributed by atoms with Crippen molar-refractivity contribution in [2.24, 2.45) is 0 Å². The smallest absolute Gasteiger partial charge is 0.123 e. The van der Waals surface area contributed by atoms with Gasteiger partial charge in [0.1, 0.15) is 5.75 Å². The van der Waals surface area contributed by atoms with Crippen LogP contribution >= 0.6 is 11.6 Å². The van der Waals surface area contributed by atoms with Crippen molar-refractivity contribution in [2.75, 3.05) is 33.9 Å². The third-order valence-corrected chi connectivity index (χ3v) is 5.10. The summed E-state index contributed by atoms with van der Waals surface area (Å²) in [4.78, 5) is 2.31. The number of ether oxygens (including phenoxy) is 2. The fourth-order valence-corrected chi connectivity index (χ4v) is 3.49. The Balaban J connectivity index is 1.80. The first-order valence-corrected chi connectivity index (χ1v) is 9.37. The van der Waals surface area contributed by atoms with Crippen molar-refractivity contribution in [1.29, 1.82) is 0 Å². The van der Waals surface area contributed by atoms with Gasteiger partial charge in [0.25, 0.3) is 0 Å². The number of halogens is 1. The van der Waals surface area contributed by atoms with E-state index in [1.54, 1.807) is 7.11 Å². The molecule has 0 aliphatic carbocycles. The summed E-state index contributed by atoms with van der Waals surface area (Å²) in [7, 11) is 3.85. The molecular weight excluding hydrogens is 348 g/mol.